The summed E-state index contributed by atoms with van der Waals surface area (Å²) in [5.74, 6) is -1.73. The van der Waals surface area contributed by atoms with Crippen LogP contribution in [0.2, 0.25) is 10.0 Å². The standard InChI is InChI=1S/C15H14Cl2N2O5S2/c16-8-1-2-10(9(17)5-8)19-11-6-26(23,24)7-12(11)25-15(19)18-13(20)3-4-14(21)22/h1-2,5,11-12H,3-4,6-7H2,(H,21,22)/t11-,12-/m0/s1. The number of amides is 1. The van der Waals surface area contributed by atoms with Crippen LogP contribution in [0.4, 0.5) is 5.69 Å². The highest BCUT2D eigenvalue weighted by Crippen LogP contribution is 2.43. The number of carbonyl (C=O) groups excluding carboxylic acids is 1. The van der Waals surface area contributed by atoms with Crippen molar-refractivity contribution in [3.8, 4) is 0 Å². The van der Waals surface area contributed by atoms with Crippen molar-refractivity contribution >= 4 is 67.5 Å². The number of amidine groups is 1. The van der Waals surface area contributed by atoms with Gasteiger partial charge in [-0.1, -0.05) is 35.0 Å². The first kappa shape index (κ1) is 19.5. The molecule has 7 nitrogen and oxygen atoms in total. The average Bonchev–Trinajstić information content (AvgIpc) is 2.97. The predicted octanol–water partition coefficient (Wildman–Crippen LogP) is 2.46. The highest BCUT2D eigenvalue weighted by molar-refractivity contribution is 8.16. The van der Waals surface area contributed by atoms with E-state index in [1.807, 2.05) is 0 Å². The number of nitrogens with zero attached hydrogens (tertiary/aromatic N) is 2. The van der Waals surface area contributed by atoms with Crippen LogP contribution in [-0.4, -0.2) is 53.4 Å². The molecule has 2 atom stereocenters. The Bertz CT molecular complexity index is 903. The number of benzene rings is 1. The lowest BCUT2D eigenvalue weighted by atomic mass is 10.2. The number of sulfone groups is 1. The minimum atomic E-state index is -3.19. The summed E-state index contributed by atoms with van der Waals surface area (Å²) in [6.45, 7) is 0. The van der Waals surface area contributed by atoms with Gasteiger partial charge in [0, 0.05) is 16.7 Å². The Morgan fingerprint density at radius 2 is 2.00 bits per heavy atom. The van der Waals surface area contributed by atoms with E-state index in [-0.39, 0.29) is 29.6 Å². The summed E-state index contributed by atoms with van der Waals surface area (Å²) in [5, 5.41) is 9.50. The quantitative estimate of drug-likeness (QED) is 0.772. The second kappa shape index (κ2) is 7.38. The van der Waals surface area contributed by atoms with Crippen molar-refractivity contribution in [1.82, 2.24) is 0 Å². The lowest BCUT2D eigenvalue weighted by Crippen LogP contribution is -2.37. The molecule has 3 rings (SSSR count). The third kappa shape index (κ3) is 4.16. The van der Waals surface area contributed by atoms with Crippen molar-refractivity contribution in [2.75, 3.05) is 16.4 Å². The molecule has 2 saturated heterocycles. The van der Waals surface area contributed by atoms with Gasteiger partial charge in [-0.3, -0.25) is 9.59 Å². The molecular formula is C15H14Cl2N2O5S2. The fraction of sp³-hybridized carbons (Fsp3) is 0.400. The van der Waals surface area contributed by atoms with Gasteiger partial charge < -0.3 is 10.0 Å². The Morgan fingerprint density at radius 1 is 1.27 bits per heavy atom. The van der Waals surface area contributed by atoms with Gasteiger partial charge in [-0.15, -0.1) is 0 Å². The smallest absolute Gasteiger partial charge is 0.303 e. The van der Waals surface area contributed by atoms with Gasteiger partial charge >= 0.3 is 5.97 Å². The van der Waals surface area contributed by atoms with Crippen molar-refractivity contribution in [2.24, 2.45) is 4.99 Å². The molecular weight excluding hydrogens is 423 g/mol. The van der Waals surface area contributed by atoms with Gasteiger partial charge in [-0.05, 0) is 18.2 Å². The molecule has 2 aliphatic rings. The molecule has 0 radical (unpaired) electrons. The van der Waals surface area contributed by atoms with Crippen molar-refractivity contribution in [3.05, 3.63) is 28.2 Å². The summed E-state index contributed by atoms with van der Waals surface area (Å²) >= 11 is 13.4. The average molecular weight is 437 g/mol. The number of halogens is 2. The first-order chi connectivity index (χ1) is 12.2. The van der Waals surface area contributed by atoms with E-state index in [9.17, 15) is 18.0 Å². The van der Waals surface area contributed by atoms with Crippen LogP contribution in [0.1, 0.15) is 12.8 Å². The molecule has 0 spiro atoms. The molecule has 2 aliphatic heterocycles. The zero-order chi connectivity index (χ0) is 19.1. The Balaban J connectivity index is 1.96. The second-order valence-electron chi connectivity index (χ2n) is 5.95. The van der Waals surface area contributed by atoms with E-state index in [1.165, 1.54) is 17.8 Å². The van der Waals surface area contributed by atoms with Gasteiger partial charge in [0.25, 0.3) is 0 Å². The molecule has 140 valence electrons. The van der Waals surface area contributed by atoms with Crippen LogP contribution in [0.5, 0.6) is 0 Å². The topological polar surface area (TPSA) is 104 Å². The fourth-order valence-electron chi connectivity index (χ4n) is 2.90. The summed E-state index contributed by atoms with van der Waals surface area (Å²) in [6.07, 6.45) is -0.543. The van der Waals surface area contributed by atoms with Gasteiger partial charge in [-0.2, -0.15) is 4.99 Å². The summed E-state index contributed by atoms with van der Waals surface area (Å²) in [7, 11) is -3.19. The van der Waals surface area contributed by atoms with Gasteiger partial charge in [0.1, 0.15) is 0 Å². The molecule has 2 heterocycles. The number of carboxylic acid groups (broad SMARTS) is 1. The molecule has 0 unspecified atom stereocenters. The largest absolute Gasteiger partial charge is 0.481 e. The third-order valence-corrected chi connectivity index (χ3v) is 7.76. The molecule has 1 aromatic rings. The number of rotatable bonds is 4. The molecule has 1 aromatic carbocycles. The van der Waals surface area contributed by atoms with E-state index in [0.29, 0.717) is 20.9 Å². The summed E-state index contributed by atoms with van der Waals surface area (Å²) in [6, 6.07) is 4.41. The van der Waals surface area contributed by atoms with Gasteiger partial charge in [0.05, 0.1) is 34.7 Å². The lowest BCUT2D eigenvalue weighted by Gasteiger charge is -2.25. The van der Waals surface area contributed by atoms with Crippen LogP contribution >= 0.6 is 35.0 Å². The number of carbonyl (C=O) groups is 2. The lowest BCUT2D eigenvalue weighted by molar-refractivity contribution is -0.138. The van der Waals surface area contributed by atoms with Crippen molar-refractivity contribution in [2.45, 2.75) is 24.1 Å². The predicted molar refractivity (Wildman–Crippen MR) is 102 cm³/mol. The molecule has 11 heteroatoms. The van der Waals surface area contributed by atoms with Gasteiger partial charge in [-0.25, -0.2) is 8.42 Å². The van der Waals surface area contributed by atoms with E-state index >= 15 is 0 Å². The van der Waals surface area contributed by atoms with E-state index < -0.39 is 27.8 Å². The Labute approximate surface area is 164 Å². The van der Waals surface area contributed by atoms with Gasteiger partial charge in [0.15, 0.2) is 15.0 Å². The minimum Gasteiger partial charge on any atom is -0.481 e. The molecule has 0 bridgehead atoms. The third-order valence-electron chi connectivity index (χ3n) is 4.01. The van der Waals surface area contributed by atoms with E-state index in [0.717, 1.165) is 0 Å². The molecule has 2 fully saturated rings. The molecule has 0 aliphatic carbocycles. The van der Waals surface area contributed by atoms with Crippen LogP contribution in [0.3, 0.4) is 0 Å². The highest BCUT2D eigenvalue weighted by atomic mass is 35.5. The zero-order valence-corrected chi connectivity index (χ0v) is 16.4. The molecule has 1 N–H and O–H groups in total. The maximum absolute atomic E-state index is 12.0. The normalized spacial score (nSPS) is 25.5. The SMILES string of the molecule is O=C(O)CCC(=O)N=C1S[C@H]2CS(=O)(=O)C[C@@H]2N1c1ccc(Cl)cc1Cl. The number of aliphatic carboxylic acids is 1. The Hall–Kier alpha value is -1.29. The molecule has 0 saturated carbocycles. The number of fused-ring (bicyclic) bond motifs is 1. The number of aliphatic imine (C=N–C) groups is 1. The van der Waals surface area contributed by atoms with Crippen LogP contribution in [-0.2, 0) is 19.4 Å². The van der Waals surface area contributed by atoms with Crippen LogP contribution in [0.15, 0.2) is 23.2 Å². The molecule has 26 heavy (non-hydrogen) atoms. The first-order valence-electron chi connectivity index (χ1n) is 7.61. The Kier molecular flexibility index (Phi) is 5.53. The summed E-state index contributed by atoms with van der Waals surface area (Å²) in [5.41, 5.74) is 0.512. The van der Waals surface area contributed by atoms with Crippen LogP contribution in [0.25, 0.3) is 0 Å². The fourth-order valence-corrected chi connectivity index (χ4v) is 7.32. The van der Waals surface area contributed by atoms with E-state index in [2.05, 4.69) is 4.99 Å². The second-order valence-corrected chi connectivity index (χ2v) is 10.2. The number of thioether (sulfide) groups is 1. The van der Waals surface area contributed by atoms with E-state index in [1.54, 1.807) is 17.0 Å². The van der Waals surface area contributed by atoms with Crippen LogP contribution < -0.4 is 4.90 Å². The molecule has 0 aromatic heterocycles. The minimum absolute atomic E-state index is 0.00756. The number of anilines is 1. The van der Waals surface area contributed by atoms with Gasteiger partial charge in [0.2, 0.25) is 5.91 Å². The summed E-state index contributed by atoms with van der Waals surface area (Å²) in [4.78, 5) is 28.3. The summed E-state index contributed by atoms with van der Waals surface area (Å²) < 4.78 is 24.0. The maximum atomic E-state index is 12.0. The first-order valence-corrected chi connectivity index (χ1v) is 11.1. The van der Waals surface area contributed by atoms with E-state index in [4.69, 9.17) is 28.3 Å². The zero-order valence-electron chi connectivity index (χ0n) is 13.3. The number of carboxylic acids is 1. The maximum Gasteiger partial charge on any atom is 0.303 e. The van der Waals surface area contributed by atoms with Crippen molar-refractivity contribution in [1.29, 1.82) is 0 Å². The highest BCUT2D eigenvalue weighted by Gasteiger charge is 2.49. The number of hydrogen-bond acceptors (Lipinski definition) is 5. The monoisotopic (exact) mass is 436 g/mol. The number of hydrogen-bond donors (Lipinski definition) is 1. The molecule has 1 amide bonds. The Morgan fingerprint density at radius 3 is 2.65 bits per heavy atom. The van der Waals surface area contributed by atoms with Crippen molar-refractivity contribution in [3.63, 3.8) is 0 Å². The van der Waals surface area contributed by atoms with Crippen LogP contribution in [0, 0.1) is 0 Å². The van der Waals surface area contributed by atoms with Crippen molar-refractivity contribution < 1.29 is 23.1 Å².